The lowest BCUT2D eigenvalue weighted by atomic mass is 10.1. The number of benzene rings is 1. The molecule has 8 nitrogen and oxygen atoms in total. The zero-order chi connectivity index (χ0) is 16.6. The number of aryl methyl sites for hydroxylation is 1. The van der Waals surface area contributed by atoms with Crippen LogP contribution in [0.3, 0.4) is 0 Å². The number of fused-ring (bicyclic) bond motifs is 1. The highest BCUT2D eigenvalue weighted by molar-refractivity contribution is 7.89. The molecule has 1 aromatic carbocycles. The lowest BCUT2D eigenvalue weighted by molar-refractivity contribution is 0.315. The van der Waals surface area contributed by atoms with E-state index in [9.17, 15) is 8.42 Å². The van der Waals surface area contributed by atoms with Crippen LogP contribution in [-0.4, -0.2) is 28.5 Å². The van der Waals surface area contributed by atoms with Gasteiger partial charge < -0.3 is 0 Å². The molecule has 0 amide bonds. The van der Waals surface area contributed by atoms with Crippen molar-refractivity contribution in [1.29, 1.82) is 0 Å². The monoisotopic (exact) mass is 335 g/mol. The third-order valence-electron chi connectivity index (χ3n) is 3.78. The maximum absolute atomic E-state index is 12.7. The van der Waals surface area contributed by atoms with Gasteiger partial charge in [-0.2, -0.15) is 5.10 Å². The number of aromatic nitrogens is 4. The molecule has 1 atom stereocenters. The smallest absolute Gasteiger partial charge is 0.243 e. The van der Waals surface area contributed by atoms with Gasteiger partial charge in [-0.3, -0.25) is 4.68 Å². The largest absolute Gasteiger partial charge is 0.270 e. The molecule has 1 N–H and O–H groups in total. The molecule has 0 saturated heterocycles. The average molecular weight is 335 g/mol. The van der Waals surface area contributed by atoms with Crippen molar-refractivity contribution >= 4 is 21.1 Å². The van der Waals surface area contributed by atoms with Gasteiger partial charge in [-0.05, 0) is 43.2 Å². The summed E-state index contributed by atoms with van der Waals surface area (Å²) in [5.41, 5.74) is 2.38. The molecule has 0 aliphatic heterocycles. The van der Waals surface area contributed by atoms with E-state index in [1.54, 1.807) is 25.3 Å². The predicted molar refractivity (Wildman–Crippen MR) is 83.2 cm³/mol. The summed E-state index contributed by atoms with van der Waals surface area (Å²) in [7, 11) is -3.77. The third kappa shape index (κ3) is 2.73. The van der Waals surface area contributed by atoms with Crippen molar-refractivity contribution in [3.63, 3.8) is 0 Å². The van der Waals surface area contributed by atoms with E-state index in [1.807, 2.05) is 18.5 Å². The van der Waals surface area contributed by atoms with E-state index in [4.69, 9.17) is 0 Å². The van der Waals surface area contributed by atoms with Gasteiger partial charge in [0.05, 0.1) is 6.20 Å². The molecule has 122 valence electrons. The summed E-state index contributed by atoms with van der Waals surface area (Å²) in [6.07, 6.45) is 1.68. The second-order valence-corrected chi connectivity index (χ2v) is 6.91. The molecule has 2 aromatic heterocycles. The van der Waals surface area contributed by atoms with Crippen LogP contribution in [0.5, 0.6) is 0 Å². The number of nitrogens with one attached hydrogen (secondary N) is 1. The van der Waals surface area contributed by atoms with Crippen molar-refractivity contribution in [3.05, 3.63) is 35.7 Å². The Morgan fingerprint density at radius 1 is 1.35 bits per heavy atom. The van der Waals surface area contributed by atoms with Gasteiger partial charge in [0.25, 0.3) is 0 Å². The van der Waals surface area contributed by atoms with Gasteiger partial charge in [-0.1, -0.05) is 6.07 Å². The average Bonchev–Trinajstić information content (AvgIpc) is 3.12. The third-order valence-corrected chi connectivity index (χ3v) is 5.35. The van der Waals surface area contributed by atoms with Crippen molar-refractivity contribution in [2.45, 2.75) is 38.3 Å². The summed E-state index contributed by atoms with van der Waals surface area (Å²) >= 11 is 0. The molecule has 0 aliphatic carbocycles. The van der Waals surface area contributed by atoms with Crippen LogP contribution in [0, 0.1) is 6.92 Å². The summed E-state index contributed by atoms with van der Waals surface area (Å²) in [6.45, 7) is 6.41. The summed E-state index contributed by atoms with van der Waals surface area (Å²) in [5.74, 6) is 0. The minimum absolute atomic E-state index is 0.0450. The molecule has 0 saturated carbocycles. The van der Waals surface area contributed by atoms with E-state index in [0.29, 0.717) is 5.52 Å². The second-order valence-electron chi connectivity index (χ2n) is 5.23. The van der Waals surface area contributed by atoms with Crippen LogP contribution in [0.25, 0.3) is 11.0 Å². The molecule has 0 spiro atoms. The fourth-order valence-corrected chi connectivity index (χ4v) is 3.94. The number of hydrogen-bond donors (Lipinski definition) is 1. The van der Waals surface area contributed by atoms with Crippen LogP contribution in [0.2, 0.25) is 0 Å². The standard InChI is InChI=1S/C14H17N5O3S/c1-4-19-10(3)11(8-15-19)9(2)18-23(20,21)13-7-5-6-12-14(13)17-22-16-12/h5-9,18H,4H2,1-3H3. The second kappa shape index (κ2) is 5.74. The highest BCUT2D eigenvalue weighted by Gasteiger charge is 2.24. The lowest BCUT2D eigenvalue weighted by Gasteiger charge is -2.14. The molecule has 23 heavy (non-hydrogen) atoms. The van der Waals surface area contributed by atoms with Crippen molar-refractivity contribution in [2.75, 3.05) is 0 Å². The molecule has 2 heterocycles. The van der Waals surface area contributed by atoms with E-state index in [1.165, 1.54) is 6.07 Å². The zero-order valence-electron chi connectivity index (χ0n) is 13.0. The molecule has 3 rings (SSSR count). The number of rotatable bonds is 5. The molecule has 0 fully saturated rings. The number of sulfonamides is 1. The quantitative estimate of drug-likeness (QED) is 0.762. The van der Waals surface area contributed by atoms with Gasteiger partial charge in [-0.25, -0.2) is 17.8 Å². The molecular formula is C14H17N5O3S. The first-order valence-corrected chi connectivity index (χ1v) is 8.68. The van der Waals surface area contributed by atoms with Crippen LogP contribution in [0.1, 0.15) is 31.1 Å². The van der Waals surface area contributed by atoms with Gasteiger partial charge in [0.2, 0.25) is 10.0 Å². The molecule has 3 aromatic rings. The lowest BCUT2D eigenvalue weighted by Crippen LogP contribution is -2.27. The van der Waals surface area contributed by atoms with Crippen LogP contribution >= 0.6 is 0 Å². The minimum atomic E-state index is -3.77. The van der Waals surface area contributed by atoms with Crippen molar-refractivity contribution < 1.29 is 13.0 Å². The van der Waals surface area contributed by atoms with Gasteiger partial charge in [-0.15, -0.1) is 0 Å². The molecule has 1 unspecified atom stereocenters. The summed E-state index contributed by atoms with van der Waals surface area (Å²) in [6, 6.07) is 4.30. The molecule has 9 heteroatoms. The van der Waals surface area contributed by atoms with Crippen molar-refractivity contribution in [2.24, 2.45) is 0 Å². The number of nitrogens with zero attached hydrogens (tertiary/aromatic N) is 4. The Morgan fingerprint density at radius 3 is 2.83 bits per heavy atom. The summed E-state index contributed by atoms with van der Waals surface area (Å²) in [4.78, 5) is 0.0450. The van der Waals surface area contributed by atoms with Crippen LogP contribution in [0.4, 0.5) is 0 Å². The van der Waals surface area contributed by atoms with Crippen molar-refractivity contribution in [3.8, 4) is 0 Å². The Morgan fingerprint density at radius 2 is 2.13 bits per heavy atom. The van der Waals surface area contributed by atoms with Gasteiger partial charge in [0.15, 0.2) is 5.52 Å². The molecule has 0 bridgehead atoms. The van der Waals surface area contributed by atoms with Gasteiger partial charge >= 0.3 is 0 Å². The highest BCUT2D eigenvalue weighted by atomic mass is 32.2. The minimum Gasteiger partial charge on any atom is -0.270 e. The first-order chi connectivity index (χ1) is 10.9. The van der Waals surface area contributed by atoms with E-state index in [2.05, 4.69) is 24.8 Å². The Balaban J connectivity index is 1.94. The first kappa shape index (κ1) is 15.6. The SMILES string of the molecule is CCn1ncc(C(C)NS(=O)(=O)c2cccc3nonc23)c1C. The first-order valence-electron chi connectivity index (χ1n) is 7.20. The van der Waals surface area contributed by atoms with E-state index < -0.39 is 16.1 Å². The maximum atomic E-state index is 12.7. The predicted octanol–water partition coefficient (Wildman–Crippen LogP) is 1.79. The normalized spacial score (nSPS) is 13.5. The number of hydrogen-bond acceptors (Lipinski definition) is 6. The Bertz CT molecular complexity index is 944. The topological polar surface area (TPSA) is 103 Å². The fourth-order valence-electron chi connectivity index (χ4n) is 2.56. The van der Waals surface area contributed by atoms with E-state index >= 15 is 0 Å². The van der Waals surface area contributed by atoms with Crippen LogP contribution in [-0.2, 0) is 16.6 Å². The summed E-state index contributed by atoms with van der Waals surface area (Å²) < 4.78 is 34.4. The molecule has 0 radical (unpaired) electrons. The van der Waals surface area contributed by atoms with Gasteiger partial charge in [0.1, 0.15) is 10.4 Å². The van der Waals surface area contributed by atoms with Gasteiger partial charge in [0, 0.05) is 23.8 Å². The van der Waals surface area contributed by atoms with Crippen LogP contribution < -0.4 is 4.72 Å². The van der Waals surface area contributed by atoms with E-state index in [-0.39, 0.29) is 10.4 Å². The van der Waals surface area contributed by atoms with E-state index in [0.717, 1.165) is 17.8 Å². The van der Waals surface area contributed by atoms with Crippen molar-refractivity contribution in [1.82, 2.24) is 24.8 Å². The van der Waals surface area contributed by atoms with Crippen LogP contribution in [0.15, 0.2) is 33.9 Å². The Hall–Kier alpha value is -2.26. The highest BCUT2D eigenvalue weighted by Crippen LogP contribution is 2.23. The Kier molecular flexibility index (Phi) is 3.90. The fraction of sp³-hybridized carbons (Fsp3) is 0.357. The molecule has 0 aliphatic rings. The Labute approximate surface area is 133 Å². The maximum Gasteiger partial charge on any atom is 0.243 e. The summed E-state index contributed by atoms with van der Waals surface area (Å²) in [5, 5.41) is 11.6. The zero-order valence-corrected chi connectivity index (χ0v) is 13.8. The molecular weight excluding hydrogens is 318 g/mol.